The van der Waals surface area contributed by atoms with Gasteiger partial charge in [-0.25, -0.2) is 4.79 Å². The highest BCUT2D eigenvalue weighted by Gasteiger charge is 2.17. The molecule has 0 atom stereocenters. The molecule has 0 spiro atoms. The Balaban J connectivity index is 2.43. The van der Waals surface area contributed by atoms with Crippen LogP contribution in [0.3, 0.4) is 0 Å². The highest BCUT2D eigenvalue weighted by atomic mass is 79.9. The van der Waals surface area contributed by atoms with Gasteiger partial charge >= 0.3 is 11.9 Å². The first kappa shape index (κ1) is 13.9. The number of nitrogens with zero attached hydrogens (tertiary/aromatic N) is 2. The molecule has 0 saturated carbocycles. The van der Waals surface area contributed by atoms with E-state index in [-0.39, 0.29) is 10.2 Å². The van der Waals surface area contributed by atoms with Crippen LogP contribution in [0.25, 0.3) is 5.69 Å². The van der Waals surface area contributed by atoms with E-state index in [1.807, 2.05) is 0 Å². The molecule has 0 unspecified atom stereocenters. The lowest BCUT2D eigenvalue weighted by Gasteiger charge is -2.07. The number of primary amides is 1. The minimum Gasteiger partial charge on any atom is -0.416 e. The molecule has 0 aliphatic carbocycles. The molecule has 1 heterocycles. The molecular formula is C12H8BrN3O4. The third-order valence-corrected chi connectivity index (χ3v) is 3.02. The molecule has 0 aliphatic heterocycles. The molecule has 20 heavy (non-hydrogen) atoms. The van der Waals surface area contributed by atoms with Crippen LogP contribution in [-0.4, -0.2) is 21.7 Å². The molecule has 1 aromatic carbocycles. The minimum absolute atomic E-state index is 0.0362. The van der Waals surface area contributed by atoms with Gasteiger partial charge in [-0.15, -0.1) is 0 Å². The number of benzene rings is 1. The van der Waals surface area contributed by atoms with Crippen molar-refractivity contribution in [2.75, 3.05) is 0 Å². The van der Waals surface area contributed by atoms with E-state index in [0.717, 1.165) is 10.9 Å². The van der Waals surface area contributed by atoms with E-state index in [4.69, 9.17) is 5.73 Å². The predicted molar refractivity (Wildman–Crippen MR) is 72.4 cm³/mol. The van der Waals surface area contributed by atoms with Crippen molar-refractivity contribution < 1.29 is 14.3 Å². The van der Waals surface area contributed by atoms with E-state index in [9.17, 15) is 14.4 Å². The fourth-order valence-electron chi connectivity index (χ4n) is 1.39. The molecule has 2 N–H and O–H groups in total. The second-order valence-electron chi connectivity index (χ2n) is 3.63. The van der Waals surface area contributed by atoms with Gasteiger partial charge < -0.3 is 10.5 Å². The number of ether oxygens (including phenoxy) is 1. The SMILES string of the molecule is NC(=O)C(=O)Oc1cnn(-c2ccccc2)c(=O)c1Br. The van der Waals surface area contributed by atoms with Gasteiger partial charge in [-0.2, -0.15) is 9.78 Å². The van der Waals surface area contributed by atoms with Crippen molar-refractivity contribution >= 4 is 27.8 Å². The van der Waals surface area contributed by atoms with Crippen LogP contribution >= 0.6 is 15.9 Å². The lowest BCUT2D eigenvalue weighted by Crippen LogP contribution is -2.29. The van der Waals surface area contributed by atoms with E-state index >= 15 is 0 Å². The Labute approximate surface area is 121 Å². The molecular weight excluding hydrogens is 330 g/mol. The van der Waals surface area contributed by atoms with Crippen LogP contribution in [0.2, 0.25) is 0 Å². The molecule has 1 amide bonds. The summed E-state index contributed by atoms with van der Waals surface area (Å²) in [4.78, 5) is 33.8. The molecule has 0 fully saturated rings. The van der Waals surface area contributed by atoms with E-state index in [2.05, 4.69) is 25.8 Å². The van der Waals surface area contributed by atoms with Crippen LogP contribution in [0.15, 0.2) is 45.8 Å². The Morgan fingerprint density at radius 1 is 1.25 bits per heavy atom. The molecule has 2 rings (SSSR count). The average Bonchev–Trinajstić information content (AvgIpc) is 2.45. The monoisotopic (exact) mass is 337 g/mol. The molecule has 0 aliphatic rings. The summed E-state index contributed by atoms with van der Waals surface area (Å²) in [5.41, 5.74) is 4.77. The molecule has 102 valence electrons. The lowest BCUT2D eigenvalue weighted by atomic mass is 10.3. The number of carbonyl (C=O) groups is 2. The van der Waals surface area contributed by atoms with Crippen LogP contribution in [-0.2, 0) is 9.59 Å². The lowest BCUT2D eigenvalue weighted by molar-refractivity contribution is -0.146. The van der Waals surface area contributed by atoms with Crippen molar-refractivity contribution in [2.45, 2.75) is 0 Å². The number of hydrogen-bond acceptors (Lipinski definition) is 5. The fraction of sp³-hybridized carbons (Fsp3) is 0. The van der Waals surface area contributed by atoms with E-state index in [1.165, 1.54) is 0 Å². The van der Waals surface area contributed by atoms with Gasteiger partial charge in [-0.1, -0.05) is 18.2 Å². The van der Waals surface area contributed by atoms with E-state index in [0.29, 0.717) is 5.69 Å². The van der Waals surface area contributed by atoms with Crippen molar-refractivity contribution in [3.8, 4) is 11.4 Å². The summed E-state index contributed by atoms with van der Waals surface area (Å²) in [7, 11) is 0. The number of aromatic nitrogens is 2. The number of halogens is 1. The number of hydrogen-bond donors (Lipinski definition) is 1. The maximum absolute atomic E-state index is 12.1. The summed E-state index contributed by atoms with van der Waals surface area (Å²) in [6.45, 7) is 0. The van der Waals surface area contributed by atoms with Gasteiger partial charge in [-0.05, 0) is 28.1 Å². The molecule has 0 bridgehead atoms. The minimum atomic E-state index is -1.27. The normalized spacial score (nSPS) is 10.1. The van der Waals surface area contributed by atoms with Crippen molar-refractivity contribution in [3.63, 3.8) is 0 Å². The fourth-order valence-corrected chi connectivity index (χ4v) is 1.74. The summed E-state index contributed by atoms with van der Waals surface area (Å²) >= 11 is 3.00. The second-order valence-corrected chi connectivity index (χ2v) is 4.42. The first-order valence-corrected chi connectivity index (χ1v) is 6.15. The van der Waals surface area contributed by atoms with Gasteiger partial charge in [0.2, 0.25) is 0 Å². The van der Waals surface area contributed by atoms with Crippen LogP contribution in [0, 0.1) is 0 Å². The number of amides is 1. The van der Waals surface area contributed by atoms with E-state index < -0.39 is 17.4 Å². The smallest absolute Gasteiger partial charge is 0.402 e. The number of esters is 1. The molecule has 2 aromatic rings. The summed E-state index contributed by atoms with van der Waals surface area (Å²) in [6, 6.07) is 8.68. The quantitative estimate of drug-likeness (QED) is 0.630. The molecule has 0 radical (unpaired) electrons. The third-order valence-electron chi connectivity index (χ3n) is 2.29. The van der Waals surface area contributed by atoms with Crippen LogP contribution < -0.4 is 16.0 Å². The maximum Gasteiger partial charge on any atom is 0.402 e. The highest BCUT2D eigenvalue weighted by molar-refractivity contribution is 9.10. The Kier molecular flexibility index (Phi) is 3.94. The standard InChI is InChI=1S/C12H8BrN3O4/c13-9-8(20-12(19)10(14)17)6-15-16(11(9)18)7-4-2-1-3-5-7/h1-6H,(H2,14,17). The number of nitrogens with two attached hydrogens (primary N) is 1. The number of rotatable bonds is 2. The van der Waals surface area contributed by atoms with Crippen LogP contribution in [0.1, 0.15) is 0 Å². The Bertz CT molecular complexity index is 727. The van der Waals surface area contributed by atoms with Gasteiger partial charge in [-0.3, -0.25) is 9.59 Å². The average molecular weight is 338 g/mol. The maximum atomic E-state index is 12.1. The van der Waals surface area contributed by atoms with Gasteiger partial charge in [0.1, 0.15) is 4.47 Å². The summed E-state index contributed by atoms with van der Waals surface area (Å²) in [5.74, 6) is -2.71. The summed E-state index contributed by atoms with van der Waals surface area (Å²) < 4.78 is 5.72. The van der Waals surface area contributed by atoms with Gasteiger partial charge in [0, 0.05) is 0 Å². The number of para-hydroxylation sites is 1. The largest absolute Gasteiger partial charge is 0.416 e. The zero-order chi connectivity index (χ0) is 14.7. The molecule has 0 saturated heterocycles. The molecule has 1 aromatic heterocycles. The highest BCUT2D eigenvalue weighted by Crippen LogP contribution is 2.20. The van der Waals surface area contributed by atoms with Crippen molar-refractivity contribution in [1.29, 1.82) is 0 Å². The zero-order valence-corrected chi connectivity index (χ0v) is 11.5. The van der Waals surface area contributed by atoms with Crippen molar-refractivity contribution in [1.82, 2.24) is 9.78 Å². The Morgan fingerprint density at radius 3 is 2.50 bits per heavy atom. The van der Waals surface area contributed by atoms with Crippen molar-refractivity contribution in [2.24, 2.45) is 5.73 Å². The van der Waals surface area contributed by atoms with Crippen molar-refractivity contribution in [3.05, 3.63) is 51.4 Å². The summed E-state index contributed by atoms with van der Waals surface area (Å²) in [6.07, 6.45) is 1.14. The Morgan fingerprint density at radius 2 is 1.90 bits per heavy atom. The first-order chi connectivity index (χ1) is 9.50. The zero-order valence-electron chi connectivity index (χ0n) is 9.95. The topological polar surface area (TPSA) is 104 Å². The second kappa shape index (κ2) is 5.66. The predicted octanol–water partition coefficient (Wildman–Crippen LogP) is 0.386. The van der Waals surface area contributed by atoms with Gasteiger partial charge in [0.05, 0.1) is 11.9 Å². The summed E-state index contributed by atoms with van der Waals surface area (Å²) in [5, 5.41) is 3.87. The molecule has 8 heteroatoms. The first-order valence-electron chi connectivity index (χ1n) is 5.35. The van der Waals surface area contributed by atoms with Gasteiger partial charge in [0.25, 0.3) is 5.56 Å². The van der Waals surface area contributed by atoms with Gasteiger partial charge in [0.15, 0.2) is 5.75 Å². The third kappa shape index (κ3) is 2.75. The Hall–Kier alpha value is -2.48. The van der Waals surface area contributed by atoms with Crippen LogP contribution in [0.5, 0.6) is 5.75 Å². The van der Waals surface area contributed by atoms with E-state index in [1.54, 1.807) is 30.3 Å². The number of carbonyl (C=O) groups excluding carboxylic acids is 2. The molecule has 7 nitrogen and oxygen atoms in total. The van der Waals surface area contributed by atoms with Crippen LogP contribution in [0.4, 0.5) is 0 Å².